The summed E-state index contributed by atoms with van der Waals surface area (Å²) in [6, 6.07) is 30.9. The molecule has 0 radical (unpaired) electrons. The lowest BCUT2D eigenvalue weighted by atomic mass is 10.00. The number of nitrogens with zero attached hydrogens (tertiary/aromatic N) is 1. The van der Waals surface area contributed by atoms with Gasteiger partial charge in [0, 0.05) is 40.2 Å². The maximum absolute atomic E-state index is 13.2. The summed E-state index contributed by atoms with van der Waals surface area (Å²) in [5.41, 5.74) is 3.35. The van der Waals surface area contributed by atoms with Gasteiger partial charge < -0.3 is 19.7 Å². The van der Waals surface area contributed by atoms with Gasteiger partial charge in [-0.1, -0.05) is 67.6 Å². The highest BCUT2D eigenvalue weighted by Gasteiger charge is 2.23. The maximum atomic E-state index is 13.2. The van der Waals surface area contributed by atoms with Crippen LogP contribution in [-0.4, -0.2) is 50.2 Å². The molecule has 4 aromatic rings. The highest BCUT2D eigenvalue weighted by atomic mass is 32.2. The van der Waals surface area contributed by atoms with E-state index in [2.05, 4.69) is 5.32 Å². The molecule has 0 spiro atoms. The fourth-order valence-corrected chi connectivity index (χ4v) is 5.27. The van der Waals surface area contributed by atoms with Crippen molar-refractivity contribution in [3.63, 3.8) is 0 Å². The average Bonchev–Trinajstić information content (AvgIpc) is 3.07. The number of thioether (sulfide) groups is 1. The number of esters is 1. The van der Waals surface area contributed by atoms with E-state index in [9.17, 15) is 14.4 Å². The number of para-hydroxylation sites is 1. The molecule has 0 aliphatic carbocycles. The number of hydrogen-bond donors (Lipinski definition) is 1. The van der Waals surface area contributed by atoms with Gasteiger partial charge in [0.2, 0.25) is 5.91 Å². The third kappa shape index (κ3) is 8.74. The fourth-order valence-electron chi connectivity index (χ4n) is 4.81. The Labute approximate surface area is 263 Å². The van der Waals surface area contributed by atoms with Gasteiger partial charge in [0.15, 0.2) is 5.78 Å². The summed E-state index contributed by atoms with van der Waals surface area (Å²) in [7, 11) is 1.35. The van der Waals surface area contributed by atoms with Gasteiger partial charge >= 0.3 is 5.97 Å². The largest absolute Gasteiger partial charge is 0.492 e. The Balaban J connectivity index is 1.41. The number of benzene rings is 4. The van der Waals surface area contributed by atoms with E-state index in [0.717, 1.165) is 22.6 Å². The summed E-state index contributed by atoms with van der Waals surface area (Å²) in [5.74, 6) is 0.161. The highest BCUT2D eigenvalue weighted by molar-refractivity contribution is 7.98. The molecule has 7 nitrogen and oxygen atoms in total. The van der Waals surface area contributed by atoms with Crippen LogP contribution >= 0.6 is 11.8 Å². The summed E-state index contributed by atoms with van der Waals surface area (Å²) in [4.78, 5) is 41.7. The molecule has 228 valence electrons. The van der Waals surface area contributed by atoms with Crippen LogP contribution in [0.1, 0.15) is 41.3 Å². The quantitative estimate of drug-likeness (QED) is 0.0877. The van der Waals surface area contributed by atoms with Crippen LogP contribution in [0.15, 0.2) is 108 Å². The Hall–Kier alpha value is -4.56. The molecule has 44 heavy (non-hydrogen) atoms. The smallest absolute Gasteiger partial charge is 0.328 e. The van der Waals surface area contributed by atoms with E-state index in [4.69, 9.17) is 9.47 Å². The lowest BCUT2D eigenvalue weighted by Gasteiger charge is -2.23. The number of anilines is 2. The second-order valence-electron chi connectivity index (χ2n) is 10.2. The number of hydrogen-bond acceptors (Lipinski definition) is 7. The Morgan fingerprint density at radius 1 is 0.886 bits per heavy atom. The zero-order valence-corrected chi connectivity index (χ0v) is 26.1. The molecule has 0 heterocycles. The van der Waals surface area contributed by atoms with E-state index >= 15 is 0 Å². The number of carbonyl (C=O) groups excluding carboxylic acids is 3. The van der Waals surface area contributed by atoms with Crippen LogP contribution in [0.5, 0.6) is 5.75 Å². The predicted molar refractivity (Wildman–Crippen MR) is 177 cm³/mol. The van der Waals surface area contributed by atoms with Gasteiger partial charge in [-0.15, -0.1) is 11.8 Å². The van der Waals surface area contributed by atoms with Crippen LogP contribution < -0.4 is 15.0 Å². The molecule has 0 aromatic heterocycles. The number of rotatable bonds is 15. The summed E-state index contributed by atoms with van der Waals surface area (Å²) >= 11 is 1.64. The molecule has 1 atom stereocenters. The van der Waals surface area contributed by atoms with Gasteiger partial charge in [-0.2, -0.15) is 0 Å². The molecule has 0 aliphatic rings. The number of amides is 1. The van der Waals surface area contributed by atoms with Gasteiger partial charge in [-0.3, -0.25) is 9.59 Å². The number of ether oxygens (including phenoxy) is 2. The standard InChI is InChI=1S/C36H38N2O5S/c1-4-11-34(39)38(28-14-10-15-30(25-28)44-3)22-23-43-29-20-18-26(19-21-29)24-33(36(41)42-2)37-32-17-9-8-16-31(32)35(40)27-12-6-5-7-13-27/h5-10,12-21,25,33,37H,4,11,22-24H2,1-3H3/t33-/m0/s1. The van der Waals surface area contributed by atoms with Crippen molar-refractivity contribution < 1.29 is 23.9 Å². The minimum Gasteiger partial charge on any atom is -0.492 e. The summed E-state index contributed by atoms with van der Waals surface area (Å²) in [5, 5.41) is 3.24. The molecule has 0 aliphatic heterocycles. The molecule has 1 N–H and O–H groups in total. The van der Waals surface area contributed by atoms with E-state index in [1.807, 2.05) is 86.0 Å². The van der Waals surface area contributed by atoms with Crippen molar-refractivity contribution in [1.29, 1.82) is 0 Å². The topological polar surface area (TPSA) is 84.9 Å². The van der Waals surface area contributed by atoms with Crippen LogP contribution in [0.3, 0.4) is 0 Å². The minimum absolute atomic E-state index is 0.0677. The van der Waals surface area contributed by atoms with E-state index in [1.54, 1.807) is 47.0 Å². The fraction of sp³-hybridized carbons (Fsp3) is 0.250. The summed E-state index contributed by atoms with van der Waals surface area (Å²) in [6.45, 7) is 2.75. The van der Waals surface area contributed by atoms with Crippen LogP contribution in [0.2, 0.25) is 0 Å². The third-order valence-corrected chi connectivity index (χ3v) is 7.83. The average molecular weight is 611 g/mol. The first kappa shape index (κ1) is 32.4. The van der Waals surface area contributed by atoms with Gasteiger partial charge in [-0.25, -0.2) is 4.79 Å². The SMILES string of the molecule is CCCC(=O)N(CCOc1ccc(C[C@H](Nc2ccccc2C(=O)c2ccccc2)C(=O)OC)cc1)c1cccc(SC)c1. The van der Waals surface area contributed by atoms with Crippen molar-refractivity contribution in [2.45, 2.75) is 37.1 Å². The van der Waals surface area contributed by atoms with Crippen molar-refractivity contribution in [3.8, 4) is 5.75 Å². The highest BCUT2D eigenvalue weighted by Crippen LogP contribution is 2.24. The maximum Gasteiger partial charge on any atom is 0.328 e. The van der Waals surface area contributed by atoms with Crippen LogP contribution in [-0.2, 0) is 20.7 Å². The third-order valence-electron chi connectivity index (χ3n) is 7.10. The van der Waals surface area contributed by atoms with Crippen molar-refractivity contribution in [3.05, 3.63) is 120 Å². The van der Waals surface area contributed by atoms with Gasteiger partial charge in [0.05, 0.1) is 13.7 Å². The summed E-state index contributed by atoms with van der Waals surface area (Å²) < 4.78 is 11.1. The molecular weight excluding hydrogens is 572 g/mol. The van der Waals surface area contributed by atoms with Crippen LogP contribution in [0.25, 0.3) is 0 Å². The molecule has 8 heteroatoms. The molecule has 0 saturated carbocycles. The molecule has 4 rings (SSSR count). The number of methoxy groups -OCH3 is 1. The summed E-state index contributed by atoms with van der Waals surface area (Å²) in [6.07, 6.45) is 3.60. The van der Waals surface area contributed by atoms with Crippen molar-refractivity contribution in [1.82, 2.24) is 0 Å². The molecule has 1 amide bonds. The molecule has 0 unspecified atom stereocenters. The van der Waals surface area contributed by atoms with Crippen LogP contribution in [0, 0.1) is 0 Å². The zero-order chi connectivity index (χ0) is 31.3. The molecule has 0 saturated heterocycles. The van der Waals surface area contributed by atoms with Crippen molar-refractivity contribution >= 4 is 40.8 Å². The van der Waals surface area contributed by atoms with Gasteiger partial charge in [-0.05, 0) is 60.7 Å². The van der Waals surface area contributed by atoms with Gasteiger partial charge in [0.25, 0.3) is 0 Å². The molecule has 0 bridgehead atoms. The molecule has 0 fully saturated rings. The van der Waals surface area contributed by atoms with E-state index in [-0.39, 0.29) is 11.7 Å². The van der Waals surface area contributed by atoms with E-state index in [0.29, 0.717) is 48.6 Å². The lowest BCUT2D eigenvalue weighted by molar-refractivity contribution is -0.141. The minimum atomic E-state index is -0.716. The Morgan fingerprint density at radius 3 is 2.32 bits per heavy atom. The normalized spacial score (nSPS) is 11.3. The van der Waals surface area contributed by atoms with Crippen molar-refractivity contribution in [2.24, 2.45) is 0 Å². The first-order valence-corrected chi connectivity index (χ1v) is 15.8. The monoisotopic (exact) mass is 610 g/mol. The number of ketones is 1. The Kier molecular flexibility index (Phi) is 12.0. The first-order valence-electron chi connectivity index (χ1n) is 14.6. The zero-order valence-electron chi connectivity index (χ0n) is 25.3. The first-order chi connectivity index (χ1) is 21.4. The van der Waals surface area contributed by atoms with E-state index < -0.39 is 12.0 Å². The second kappa shape index (κ2) is 16.3. The Bertz CT molecular complexity index is 1540. The van der Waals surface area contributed by atoms with Crippen molar-refractivity contribution in [2.75, 3.05) is 36.7 Å². The molecule has 4 aromatic carbocycles. The number of nitrogens with one attached hydrogen (secondary N) is 1. The predicted octanol–water partition coefficient (Wildman–Crippen LogP) is 7.05. The second-order valence-corrected chi connectivity index (χ2v) is 11.0. The van der Waals surface area contributed by atoms with E-state index in [1.165, 1.54) is 7.11 Å². The molecular formula is C36H38N2O5S. The number of carbonyl (C=O) groups is 3. The van der Waals surface area contributed by atoms with Crippen LogP contribution in [0.4, 0.5) is 11.4 Å². The lowest BCUT2D eigenvalue weighted by Crippen LogP contribution is -2.34. The van der Waals surface area contributed by atoms with Gasteiger partial charge in [0.1, 0.15) is 18.4 Å². The Morgan fingerprint density at radius 2 is 1.61 bits per heavy atom.